The van der Waals surface area contributed by atoms with Gasteiger partial charge in [0.15, 0.2) is 16.3 Å². The van der Waals surface area contributed by atoms with Crippen molar-refractivity contribution in [2.24, 2.45) is 4.99 Å². The second-order valence-corrected chi connectivity index (χ2v) is 9.90. The third-order valence-electron chi connectivity index (χ3n) is 6.51. The van der Waals surface area contributed by atoms with E-state index in [0.717, 1.165) is 11.3 Å². The summed E-state index contributed by atoms with van der Waals surface area (Å²) in [6.07, 6.45) is 1.55. The minimum Gasteiger partial charge on any atom is -0.493 e. The van der Waals surface area contributed by atoms with Gasteiger partial charge in [0, 0.05) is 12.1 Å². The molecule has 0 spiro atoms. The van der Waals surface area contributed by atoms with E-state index in [0.29, 0.717) is 49.2 Å². The van der Waals surface area contributed by atoms with Crippen LogP contribution in [-0.2, 0) is 9.53 Å². The van der Waals surface area contributed by atoms with Gasteiger partial charge in [-0.25, -0.2) is 9.79 Å². The largest absolute Gasteiger partial charge is 0.493 e. The molecule has 1 aliphatic heterocycles. The molecule has 210 valence electrons. The van der Waals surface area contributed by atoms with Crippen LogP contribution in [0.1, 0.15) is 31.2 Å². The van der Waals surface area contributed by atoms with Crippen molar-refractivity contribution in [2.45, 2.75) is 19.9 Å². The van der Waals surface area contributed by atoms with Crippen molar-refractivity contribution in [1.82, 2.24) is 4.57 Å². The smallest absolute Gasteiger partial charge is 0.338 e. The highest BCUT2D eigenvalue weighted by Crippen LogP contribution is 2.36. The van der Waals surface area contributed by atoms with Crippen LogP contribution in [0.5, 0.6) is 11.5 Å². The van der Waals surface area contributed by atoms with Gasteiger partial charge in [0.2, 0.25) is 0 Å². The molecule has 0 saturated carbocycles. The van der Waals surface area contributed by atoms with Gasteiger partial charge in [-0.2, -0.15) is 0 Å². The number of aromatic nitrogens is 1. The molecule has 0 amide bonds. The summed E-state index contributed by atoms with van der Waals surface area (Å²) in [5.74, 6) is 0.966. The highest BCUT2D eigenvalue weighted by Gasteiger charge is 2.34. The molecule has 0 aliphatic carbocycles. The fourth-order valence-corrected chi connectivity index (χ4v) is 5.70. The van der Waals surface area contributed by atoms with Crippen LogP contribution in [0, 0.1) is 10.1 Å². The number of methoxy groups -OCH3 is 2. The fourth-order valence-electron chi connectivity index (χ4n) is 4.68. The summed E-state index contributed by atoms with van der Waals surface area (Å²) in [5.41, 5.74) is 1.09. The van der Waals surface area contributed by atoms with Gasteiger partial charge in [0.25, 0.3) is 11.2 Å². The number of hydrogen-bond acceptors (Lipinski definition) is 10. The van der Waals surface area contributed by atoms with Crippen molar-refractivity contribution in [2.75, 3.05) is 20.8 Å². The molecule has 5 rings (SSSR count). The summed E-state index contributed by atoms with van der Waals surface area (Å²) in [6.45, 7) is 3.55. The molecule has 0 bridgehead atoms. The molecule has 11 nitrogen and oxygen atoms in total. The van der Waals surface area contributed by atoms with Gasteiger partial charge in [-0.05, 0) is 49.7 Å². The Morgan fingerprint density at radius 3 is 2.61 bits per heavy atom. The molecule has 3 heterocycles. The first-order chi connectivity index (χ1) is 19.8. The Hall–Kier alpha value is -4.97. The number of furan rings is 1. The zero-order valence-corrected chi connectivity index (χ0v) is 23.4. The maximum atomic E-state index is 13.9. The number of ether oxygens (including phenoxy) is 3. The third-order valence-corrected chi connectivity index (χ3v) is 7.49. The number of carbonyl (C=O) groups is 1. The van der Waals surface area contributed by atoms with Gasteiger partial charge < -0.3 is 18.6 Å². The Bertz CT molecular complexity index is 1880. The van der Waals surface area contributed by atoms with E-state index < -0.39 is 22.5 Å². The molecular formula is C29H25N3O8S. The lowest BCUT2D eigenvalue weighted by atomic mass is 9.95. The molecule has 4 aromatic rings. The summed E-state index contributed by atoms with van der Waals surface area (Å²) in [4.78, 5) is 42.9. The topological polar surface area (TPSA) is 135 Å². The monoisotopic (exact) mass is 575 g/mol. The molecule has 0 N–H and O–H groups in total. The zero-order valence-electron chi connectivity index (χ0n) is 22.6. The number of allylic oxidation sites excluding steroid dienone is 1. The molecule has 2 aromatic heterocycles. The number of thiazole rings is 1. The Balaban J connectivity index is 1.66. The van der Waals surface area contributed by atoms with Crippen LogP contribution >= 0.6 is 11.3 Å². The van der Waals surface area contributed by atoms with Crippen LogP contribution in [0.3, 0.4) is 0 Å². The van der Waals surface area contributed by atoms with E-state index in [1.807, 2.05) is 0 Å². The van der Waals surface area contributed by atoms with E-state index in [9.17, 15) is 19.7 Å². The quantitative estimate of drug-likeness (QED) is 0.175. The van der Waals surface area contributed by atoms with Crippen LogP contribution in [-0.4, -0.2) is 36.3 Å². The lowest BCUT2D eigenvalue weighted by Crippen LogP contribution is -2.39. The number of nitro groups is 1. The number of benzene rings is 2. The highest BCUT2D eigenvalue weighted by atomic mass is 32.1. The number of carbonyl (C=O) groups excluding carboxylic acids is 1. The second-order valence-electron chi connectivity index (χ2n) is 8.89. The van der Waals surface area contributed by atoms with Crippen LogP contribution in [0.4, 0.5) is 5.69 Å². The average Bonchev–Trinajstić information content (AvgIpc) is 3.56. The van der Waals surface area contributed by atoms with Crippen LogP contribution in [0.2, 0.25) is 0 Å². The Kier molecular flexibility index (Phi) is 7.58. The molecule has 0 radical (unpaired) electrons. The van der Waals surface area contributed by atoms with Crippen molar-refractivity contribution in [3.8, 4) is 22.8 Å². The van der Waals surface area contributed by atoms with E-state index in [-0.39, 0.29) is 17.9 Å². The van der Waals surface area contributed by atoms with Crippen LogP contribution in [0.25, 0.3) is 17.4 Å². The van der Waals surface area contributed by atoms with Crippen molar-refractivity contribution in [1.29, 1.82) is 0 Å². The van der Waals surface area contributed by atoms with Crippen LogP contribution < -0.4 is 24.4 Å². The van der Waals surface area contributed by atoms with Crippen molar-refractivity contribution >= 4 is 29.1 Å². The lowest BCUT2D eigenvalue weighted by Gasteiger charge is -2.25. The van der Waals surface area contributed by atoms with E-state index >= 15 is 0 Å². The first-order valence-corrected chi connectivity index (χ1v) is 13.3. The fraction of sp³-hybridized carbons (Fsp3) is 0.207. The van der Waals surface area contributed by atoms with Crippen LogP contribution in [0.15, 0.2) is 80.1 Å². The molecule has 12 heteroatoms. The average molecular weight is 576 g/mol. The van der Waals surface area contributed by atoms with Gasteiger partial charge in [-0.3, -0.25) is 19.5 Å². The number of fused-ring (bicyclic) bond motifs is 1. The van der Waals surface area contributed by atoms with E-state index in [1.54, 1.807) is 68.5 Å². The summed E-state index contributed by atoms with van der Waals surface area (Å²) < 4.78 is 23.8. The molecule has 2 aromatic carbocycles. The number of nitrogens with zero attached hydrogens (tertiary/aromatic N) is 3. The Morgan fingerprint density at radius 1 is 1.15 bits per heavy atom. The lowest BCUT2D eigenvalue weighted by molar-refractivity contribution is -0.384. The van der Waals surface area contributed by atoms with Crippen molar-refractivity contribution in [3.05, 3.63) is 107 Å². The van der Waals surface area contributed by atoms with Gasteiger partial charge in [0.1, 0.15) is 11.5 Å². The minimum absolute atomic E-state index is 0.0929. The first kappa shape index (κ1) is 27.6. The normalized spacial score (nSPS) is 14.8. The Labute approximate surface area is 237 Å². The number of rotatable bonds is 8. The first-order valence-electron chi connectivity index (χ1n) is 12.5. The second kappa shape index (κ2) is 11.3. The van der Waals surface area contributed by atoms with E-state index in [2.05, 4.69) is 4.99 Å². The predicted octanol–water partition coefficient (Wildman–Crippen LogP) is 3.98. The molecule has 1 atom stereocenters. The van der Waals surface area contributed by atoms with E-state index in [4.69, 9.17) is 18.6 Å². The van der Waals surface area contributed by atoms with Crippen molar-refractivity contribution in [3.63, 3.8) is 0 Å². The summed E-state index contributed by atoms with van der Waals surface area (Å²) in [6, 6.07) is 13.8. The highest BCUT2D eigenvalue weighted by molar-refractivity contribution is 7.07. The molecule has 0 unspecified atom stereocenters. The van der Waals surface area contributed by atoms with Gasteiger partial charge >= 0.3 is 5.97 Å². The molecular weight excluding hydrogens is 550 g/mol. The molecule has 41 heavy (non-hydrogen) atoms. The van der Waals surface area contributed by atoms with E-state index in [1.165, 1.54) is 24.9 Å². The minimum atomic E-state index is -0.841. The zero-order chi connectivity index (χ0) is 29.3. The standard InChI is InChI=1S/C29H25N3O8S/c1-5-39-28(34)25-16(2)30-29-31(26(25)17-10-12-22(37-3)23(14-17)38-4)27(33)24(41-29)15-18-11-13-21(40-18)19-8-6-7-9-20(19)32(35)36/h6-15,26H,5H2,1-4H3/b24-15-/t26-/m1/s1. The molecule has 1 aliphatic rings. The maximum Gasteiger partial charge on any atom is 0.338 e. The number of nitro benzene ring substituents is 1. The SMILES string of the molecule is CCOC(=O)C1=C(C)N=c2s/c(=C\c3ccc(-c4ccccc4[N+](=O)[O-])o3)c(=O)n2[C@@H]1c1ccc(OC)c(OC)c1. The van der Waals surface area contributed by atoms with Gasteiger partial charge in [0.05, 0.1) is 53.2 Å². The summed E-state index contributed by atoms with van der Waals surface area (Å²) in [7, 11) is 3.02. The predicted molar refractivity (Wildman–Crippen MR) is 151 cm³/mol. The third kappa shape index (κ3) is 5.05. The van der Waals surface area contributed by atoms with Gasteiger partial charge in [-0.15, -0.1) is 0 Å². The Morgan fingerprint density at radius 2 is 1.90 bits per heavy atom. The summed E-state index contributed by atoms with van der Waals surface area (Å²) >= 11 is 1.13. The number of para-hydroxylation sites is 1. The summed E-state index contributed by atoms with van der Waals surface area (Å²) in [5, 5.41) is 11.5. The number of esters is 1. The molecule has 0 saturated heterocycles. The molecule has 0 fully saturated rings. The number of hydrogen-bond donors (Lipinski definition) is 0. The van der Waals surface area contributed by atoms with Gasteiger partial charge in [-0.1, -0.05) is 29.5 Å². The van der Waals surface area contributed by atoms with Crippen molar-refractivity contribution < 1.29 is 28.3 Å². The maximum absolute atomic E-state index is 13.9.